The Kier molecular flexibility index (Phi) is 6.79. The molecule has 1 fully saturated rings. The number of ketones is 1. The summed E-state index contributed by atoms with van der Waals surface area (Å²) < 4.78 is 32.5. The Morgan fingerprint density at radius 2 is 1.66 bits per heavy atom. The predicted octanol–water partition coefficient (Wildman–Crippen LogP) is 1.94. The molecule has 3 rings (SSSR count). The summed E-state index contributed by atoms with van der Waals surface area (Å²) in [5, 5.41) is 0. The normalized spacial score (nSPS) is 15.3. The van der Waals surface area contributed by atoms with Gasteiger partial charge in [0.2, 0.25) is 15.9 Å². The first-order chi connectivity index (χ1) is 13.9. The highest BCUT2D eigenvalue weighted by molar-refractivity contribution is 7.89. The molecule has 0 unspecified atom stereocenters. The number of sulfonamides is 1. The molecule has 2 aromatic carbocycles. The molecule has 0 atom stereocenters. The van der Waals surface area contributed by atoms with Crippen molar-refractivity contribution in [1.29, 1.82) is 0 Å². The molecule has 0 spiro atoms. The van der Waals surface area contributed by atoms with Gasteiger partial charge in [0.05, 0.1) is 11.5 Å². The van der Waals surface area contributed by atoms with Crippen molar-refractivity contribution in [2.45, 2.75) is 18.4 Å². The van der Waals surface area contributed by atoms with Crippen LogP contribution >= 0.6 is 0 Å². The molecule has 7 nitrogen and oxygen atoms in total. The minimum absolute atomic E-state index is 0.0394. The van der Waals surface area contributed by atoms with Gasteiger partial charge in [-0.25, -0.2) is 8.42 Å². The molecule has 0 aromatic heterocycles. The maximum atomic E-state index is 12.9. The summed E-state index contributed by atoms with van der Waals surface area (Å²) in [5.41, 5.74) is 1.35. The highest BCUT2D eigenvalue weighted by Crippen LogP contribution is 2.19. The van der Waals surface area contributed by atoms with Crippen molar-refractivity contribution in [3.05, 3.63) is 65.7 Å². The zero-order valence-corrected chi connectivity index (χ0v) is 17.1. The SMILES string of the molecule is CC(=O)c1cccc(S(=O)(=O)N2CCN(C(=O)COCc3ccccc3)CC2)c1. The van der Waals surface area contributed by atoms with Crippen LogP contribution in [0.25, 0.3) is 0 Å². The van der Waals surface area contributed by atoms with Gasteiger partial charge in [-0.2, -0.15) is 4.31 Å². The Bertz CT molecular complexity index is 968. The van der Waals surface area contributed by atoms with Crippen molar-refractivity contribution >= 4 is 21.7 Å². The molecule has 0 saturated carbocycles. The van der Waals surface area contributed by atoms with E-state index in [0.717, 1.165) is 5.56 Å². The van der Waals surface area contributed by atoms with E-state index in [9.17, 15) is 18.0 Å². The van der Waals surface area contributed by atoms with Crippen molar-refractivity contribution in [3.63, 3.8) is 0 Å². The lowest BCUT2D eigenvalue weighted by molar-refractivity contribution is -0.137. The number of hydrogen-bond acceptors (Lipinski definition) is 5. The molecule has 29 heavy (non-hydrogen) atoms. The van der Waals surface area contributed by atoms with Crippen molar-refractivity contribution in [3.8, 4) is 0 Å². The van der Waals surface area contributed by atoms with Gasteiger partial charge in [-0.05, 0) is 24.6 Å². The van der Waals surface area contributed by atoms with Crippen molar-refractivity contribution < 1.29 is 22.7 Å². The molecular formula is C21H24N2O5S. The fourth-order valence-corrected chi connectivity index (χ4v) is 4.59. The number of nitrogens with zero attached hydrogens (tertiary/aromatic N) is 2. The van der Waals surface area contributed by atoms with E-state index in [0.29, 0.717) is 25.3 Å². The van der Waals surface area contributed by atoms with Gasteiger partial charge in [-0.15, -0.1) is 0 Å². The molecule has 1 heterocycles. The van der Waals surface area contributed by atoms with E-state index in [1.807, 2.05) is 30.3 Å². The molecule has 0 radical (unpaired) electrons. The molecule has 0 bridgehead atoms. The zero-order chi connectivity index (χ0) is 20.9. The van der Waals surface area contributed by atoms with Gasteiger partial charge in [0.25, 0.3) is 0 Å². The fourth-order valence-electron chi connectivity index (χ4n) is 3.12. The summed E-state index contributed by atoms with van der Waals surface area (Å²) in [6.45, 7) is 2.73. The second-order valence-electron chi connectivity index (χ2n) is 6.85. The van der Waals surface area contributed by atoms with E-state index < -0.39 is 10.0 Å². The number of hydrogen-bond donors (Lipinski definition) is 0. The van der Waals surface area contributed by atoms with Gasteiger partial charge in [-0.1, -0.05) is 42.5 Å². The molecule has 1 amide bonds. The molecule has 154 valence electrons. The van der Waals surface area contributed by atoms with Crippen LogP contribution in [-0.4, -0.2) is 62.1 Å². The molecule has 2 aromatic rings. The van der Waals surface area contributed by atoms with E-state index >= 15 is 0 Å². The molecule has 1 aliphatic heterocycles. The number of amides is 1. The number of Topliss-reactive ketones (excluding diaryl/α,β-unsaturated/α-hetero) is 1. The topological polar surface area (TPSA) is 84.0 Å². The monoisotopic (exact) mass is 416 g/mol. The van der Waals surface area contributed by atoms with Crippen LogP contribution in [0, 0.1) is 0 Å². The summed E-state index contributed by atoms with van der Waals surface area (Å²) in [6.07, 6.45) is 0. The number of ether oxygens (including phenoxy) is 1. The third-order valence-corrected chi connectivity index (χ3v) is 6.70. The van der Waals surface area contributed by atoms with Gasteiger partial charge >= 0.3 is 0 Å². The van der Waals surface area contributed by atoms with Crippen LogP contribution in [0.5, 0.6) is 0 Å². The number of rotatable bonds is 7. The van der Waals surface area contributed by atoms with Crippen molar-refractivity contribution in [2.75, 3.05) is 32.8 Å². The van der Waals surface area contributed by atoms with Gasteiger partial charge in [0.15, 0.2) is 5.78 Å². The third-order valence-electron chi connectivity index (χ3n) is 4.81. The Hall–Kier alpha value is -2.55. The number of carbonyl (C=O) groups excluding carboxylic acids is 2. The summed E-state index contributed by atoms with van der Waals surface area (Å²) in [6, 6.07) is 15.6. The van der Waals surface area contributed by atoms with Crippen LogP contribution in [0.2, 0.25) is 0 Å². The van der Waals surface area contributed by atoms with Gasteiger partial charge in [-0.3, -0.25) is 9.59 Å². The van der Waals surface area contributed by atoms with Crippen LogP contribution in [0.15, 0.2) is 59.5 Å². The molecule has 1 aliphatic rings. The first-order valence-electron chi connectivity index (χ1n) is 9.38. The van der Waals surface area contributed by atoms with Crippen LogP contribution in [-0.2, 0) is 26.2 Å². The van der Waals surface area contributed by atoms with E-state index in [4.69, 9.17) is 4.74 Å². The number of benzene rings is 2. The number of carbonyl (C=O) groups is 2. The lowest BCUT2D eigenvalue weighted by Gasteiger charge is -2.34. The first kappa shape index (κ1) is 21.2. The first-order valence-corrected chi connectivity index (χ1v) is 10.8. The van der Waals surface area contributed by atoms with Crippen molar-refractivity contribution in [2.24, 2.45) is 0 Å². The van der Waals surface area contributed by atoms with Gasteiger partial charge in [0.1, 0.15) is 6.61 Å². The average Bonchev–Trinajstić information content (AvgIpc) is 2.74. The number of piperazine rings is 1. The second-order valence-corrected chi connectivity index (χ2v) is 8.79. The van der Waals surface area contributed by atoms with Gasteiger partial charge < -0.3 is 9.64 Å². The lowest BCUT2D eigenvalue weighted by atomic mass is 10.2. The fraction of sp³-hybridized carbons (Fsp3) is 0.333. The molecule has 8 heteroatoms. The molecule has 0 N–H and O–H groups in total. The Morgan fingerprint density at radius 3 is 2.31 bits per heavy atom. The quantitative estimate of drug-likeness (QED) is 0.644. The summed E-state index contributed by atoms with van der Waals surface area (Å²) in [5.74, 6) is -0.343. The highest BCUT2D eigenvalue weighted by Gasteiger charge is 2.30. The lowest BCUT2D eigenvalue weighted by Crippen LogP contribution is -2.51. The zero-order valence-electron chi connectivity index (χ0n) is 16.3. The maximum absolute atomic E-state index is 12.9. The minimum atomic E-state index is -3.71. The van der Waals surface area contributed by atoms with Crippen LogP contribution in [0.1, 0.15) is 22.8 Å². The van der Waals surface area contributed by atoms with E-state index in [1.165, 1.54) is 23.4 Å². The van der Waals surface area contributed by atoms with Crippen LogP contribution in [0.4, 0.5) is 0 Å². The summed E-state index contributed by atoms with van der Waals surface area (Å²) in [4.78, 5) is 25.6. The largest absolute Gasteiger partial charge is 0.367 e. The summed E-state index contributed by atoms with van der Waals surface area (Å²) >= 11 is 0. The second kappa shape index (κ2) is 9.30. The standard InChI is InChI=1S/C21H24N2O5S/c1-17(24)19-8-5-9-20(14-19)29(26,27)23-12-10-22(11-13-23)21(25)16-28-15-18-6-3-2-4-7-18/h2-9,14H,10-13,15-16H2,1H3. The Morgan fingerprint density at radius 1 is 0.966 bits per heavy atom. The smallest absolute Gasteiger partial charge is 0.248 e. The predicted molar refractivity (Wildman–Crippen MR) is 108 cm³/mol. The summed E-state index contributed by atoms with van der Waals surface area (Å²) in [7, 11) is -3.71. The third kappa shape index (κ3) is 5.29. The van der Waals surface area contributed by atoms with Crippen LogP contribution in [0.3, 0.4) is 0 Å². The van der Waals surface area contributed by atoms with E-state index in [1.54, 1.807) is 17.0 Å². The van der Waals surface area contributed by atoms with Crippen molar-refractivity contribution in [1.82, 2.24) is 9.21 Å². The minimum Gasteiger partial charge on any atom is -0.367 e. The average molecular weight is 416 g/mol. The molecule has 0 aliphatic carbocycles. The molecular weight excluding hydrogens is 392 g/mol. The Labute approximate surface area is 170 Å². The maximum Gasteiger partial charge on any atom is 0.248 e. The Balaban J connectivity index is 1.53. The van der Waals surface area contributed by atoms with Gasteiger partial charge in [0, 0.05) is 31.7 Å². The van der Waals surface area contributed by atoms with E-state index in [-0.39, 0.29) is 36.3 Å². The van der Waals surface area contributed by atoms with E-state index in [2.05, 4.69) is 0 Å². The highest BCUT2D eigenvalue weighted by atomic mass is 32.2. The molecule has 1 saturated heterocycles. The van der Waals surface area contributed by atoms with Crippen LogP contribution < -0.4 is 0 Å².